The van der Waals surface area contributed by atoms with Gasteiger partial charge in [0.2, 0.25) is 5.91 Å². The number of Topliss-reactive ketones (excluding diaryl/α,β-unsaturated/α-hetero) is 1. The van der Waals surface area contributed by atoms with Crippen molar-refractivity contribution in [2.45, 2.75) is 37.9 Å². The van der Waals surface area contributed by atoms with Gasteiger partial charge in [-0.2, -0.15) is 0 Å². The summed E-state index contributed by atoms with van der Waals surface area (Å²) in [7, 11) is 0. The number of hydrogen-bond acceptors (Lipinski definition) is 5. The lowest BCUT2D eigenvalue weighted by Crippen LogP contribution is -2.53. The normalized spacial score (nSPS) is 19.1. The number of aromatic hydroxyl groups is 1. The number of carbonyl (C=O) groups is 4. The zero-order valence-corrected chi connectivity index (χ0v) is 22.9. The van der Waals surface area contributed by atoms with Crippen LogP contribution in [0.15, 0.2) is 77.3 Å². The number of aryl methyl sites for hydroxylation is 1. The number of nitrogens with one attached hydrogen (secondary N) is 1. The van der Waals surface area contributed by atoms with Crippen LogP contribution in [-0.4, -0.2) is 69.6 Å². The minimum atomic E-state index is -0.951. The maximum atomic E-state index is 13.9. The molecule has 2 aliphatic rings. The van der Waals surface area contributed by atoms with Gasteiger partial charge in [0.1, 0.15) is 17.8 Å². The van der Waals surface area contributed by atoms with Crippen molar-refractivity contribution in [2.24, 2.45) is 0 Å². The van der Waals surface area contributed by atoms with E-state index >= 15 is 0 Å². The van der Waals surface area contributed by atoms with Crippen molar-refractivity contribution < 1.29 is 24.3 Å². The van der Waals surface area contributed by atoms with Crippen LogP contribution in [0.2, 0.25) is 0 Å². The predicted molar refractivity (Wildman–Crippen MR) is 148 cm³/mol. The summed E-state index contributed by atoms with van der Waals surface area (Å²) >= 11 is 3.45. The number of halogens is 1. The van der Waals surface area contributed by atoms with E-state index in [0.29, 0.717) is 24.1 Å². The quantitative estimate of drug-likeness (QED) is 0.457. The first kappa shape index (κ1) is 26.6. The number of ketones is 1. The number of amides is 3. The van der Waals surface area contributed by atoms with E-state index in [-0.39, 0.29) is 36.3 Å². The van der Waals surface area contributed by atoms with Crippen molar-refractivity contribution in [3.05, 3.63) is 99.5 Å². The summed E-state index contributed by atoms with van der Waals surface area (Å²) in [6, 6.07) is 18.3. The molecule has 2 aliphatic heterocycles. The van der Waals surface area contributed by atoms with E-state index in [1.807, 2.05) is 19.1 Å². The van der Waals surface area contributed by atoms with Gasteiger partial charge in [-0.05, 0) is 60.9 Å². The third kappa shape index (κ3) is 5.45. The van der Waals surface area contributed by atoms with Crippen LogP contribution in [0.4, 0.5) is 0 Å². The zero-order chi connectivity index (χ0) is 27.7. The highest BCUT2D eigenvalue weighted by atomic mass is 79.9. The number of carbonyl (C=O) groups excluding carboxylic acids is 4. The highest BCUT2D eigenvalue weighted by Crippen LogP contribution is 2.32. The molecule has 200 valence electrons. The van der Waals surface area contributed by atoms with Gasteiger partial charge >= 0.3 is 0 Å². The van der Waals surface area contributed by atoms with Crippen LogP contribution >= 0.6 is 15.9 Å². The van der Waals surface area contributed by atoms with Gasteiger partial charge in [-0.1, -0.05) is 52.3 Å². The summed E-state index contributed by atoms with van der Waals surface area (Å²) in [5.74, 6) is -1.12. The summed E-state index contributed by atoms with van der Waals surface area (Å²) in [6.45, 7) is 2.16. The molecule has 9 heteroatoms. The van der Waals surface area contributed by atoms with Gasteiger partial charge in [0.05, 0.1) is 12.6 Å². The largest absolute Gasteiger partial charge is 0.508 e. The Labute approximate surface area is 234 Å². The molecule has 2 saturated heterocycles. The van der Waals surface area contributed by atoms with Gasteiger partial charge in [-0.15, -0.1) is 0 Å². The molecule has 3 amide bonds. The number of rotatable bonds is 6. The third-order valence-electron chi connectivity index (χ3n) is 7.40. The summed E-state index contributed by atoms with van der Waals surface area (Å²) in [6.07, 6.45) is 0.651. The summed E-state index contributed by atoms with van der Waals surface area (Å²) < 4.78 is 0.777. The zero-order valence-electron chi connectivity index (χ0n) is 21.3. The van der Waals surface area contributed by atoms with Crippen LogP contribution in [-0.2, 0) is 16.0 Å². The van der Waals surface area contributed by atoms with Crippen LogP contribution in [0.5, 0.6) is 5.75 Å². The molecule has 0 spiro atoms. The van der Waals surface area contributed by atoms with Crippen molar-refractivity contribution >= 4 is 39.4 Å². The third-order valence-corrected chi connectivity index (χ3v) is 8.26. The number of hydrogen-bond donors (Lipinski definition) is 2. The van der Waals surface area contributed by atoms with Gasteiger partial charge < -0.3 is 20.2 Å². The van der Waals surface area contributed by atoms with Crippen molar-refractivity contribution in [3.63, 3.8) is 0 Å². The summed E-state index contributed by atoms with van der Waals surface area (Å²) in [4.78, 5) is 56.5. The van der Waals surface area contributed by atoms with Crippen LogP contribution in [0.25, 0.3) is 0 Å². The lowest BCUT2D eigenvalue weighted by molar-refractivity contribution is -0.138. The van der Waals surface area contributed by atoms with E-state index in [4.69, 9.17) is 0 Å². The molecule has 39 heavy (non-hydrogen) atoms. The monoisotopic (exact) mass is 589 g/mol. The molecule has 3 aromatic rings. The van der Waals surface area contributed by atoms with E-state index < -0.39 is 24.0 Å². The molecular weight excluding hydrogens is 562 g/mol. The molecule has 2 N–H and O–H groups in total. The SMILES string of the molecule is Cc1ccc(C(=O)N[C@@H](Cc2ccc(O)cc2)C(=O)N2CC[C@@H]3[C@H]2C(=O)CN3C(=O)c2ccccc2)cc1Br. The molecule has 8 nitrogen and oxygen atoms in total. The molecular formula is C30H28BrN3O5. The van der Waals surface area contributed by atoms with E-state index in [0.717, 1.165) is 15.6 Å². The highest BCUT2D eigenvalue weighted by Gasteiger charge is 2.52. The molecule has 0 aliphatic carbocycles. The van der Waals surface area contributed by atoms with Gasteiger partial charge in [-0.25, -0.2) is 0 Å². The number of nitrogens with zero attached hydrogens (tertiary/aromatic N) is 2. The first-order valence-electron chi connectivity index (χ1n) is 12.8. The van der Waals surface area contributed by atoms with Crippen molar-refractivity contribution in [1.82, 2.24) is 15.1 Å². The van der Waals surface area contributed by atoms with Gasteiger partial charge in [0.15, 0.2) is 5.78 Å². The van der Waals surface area contributed by atoms with Gasteiger partial charge in [-0.3, -0.25) is 19.2 Å². The van der Waals surface area contributed by atoms with Gasteiger partial charge in [0, 0.05) is 28.6 Å². The second kappa shape index (κ2) is 11.0. The first-order valence-corrected chi connectivity index (χ1v) is 13.6. The van der Waals surface area contributed by atoms with E-state index in [9.17, 15) is 24.3 Å². The Balaban J connectivity index is 1.39. The van der Waals surface area contributed by atoms with Crippen LogP contribution < -0.4 is 5.32 Å². The average Bonchev–Trinajstić information content (AvgIpc) is 3.52. The maximum Gasteiger partial charge on any atom is 0.254 e. The second-order valence-corrected chi connectivity index (χ2v) is 10.8. The Bertz CT molecular complexity index is 1430. The number of likely N-dealkylation sites (tertiary alicyclic amines) is 2. The lowest BCUT2D eigenvalue weighted by atomic mass is 10.0. The van der Waals surface area contributed by atoms with Crippen LogP contribution in [0, 0.1) is 6.92 Å². The first-order chi connectivity index (χ1) is 18.7. The molecule has 5 rings (SSSR count). The van der Waals surface area contributed by atoms with E-state index in [1.165, 1.54) is 17.0 Å². The van der Waals surface area contributed by atoms with Gasteiger partial charge in [0.25, 0.3) is 11.8 Å². The molecule has 0 unspecified atom stereocenters. The fourth-order valence-corrected chi connectivity index (χ4v) is 5.71. The fourth-order valence-electron chi connectivity index (χ4n) is 5.33. The fraction of sp³-hybridized carbons (Fsp3) is 0.267. The average molecular weight is 590 g/mol. The molecule has 0 saturated carbocycles. The van der Waals surface area contributed by atoms with Crippen molar-refractivity contribution in [1.29, 1.82) is 0 Å². The standard InChI is InChI=1S/C30H28BrN3O5/c1-18-7-10-21(16-23(18)31)28(37)32-24(15-19-8-11-22(35)12-9-19)30(39)33-14-13-25-27(33)26(36)17-34(25)29(38)20-5-3-2-4-6-20/h2-12,16,24-25,27,35H,13-15,17H2,1H3,(H,32,37)/t24-,25+,27-/m0/s1. The smallest absolute Gasteiger partial charge is 0.254 e. The maximum absolute atomic E-state index is 13.9. The number of phenolic OH excluding ortho intramolecular Hbond substituents is 1. The summed E-state index contributed by atoms with van der Waals surface area (Å²) in [5.41, 5.74) is 2.61. The number of fused-ring (bicyclic) bond motifs is 1. The predicted octanol–water partition coefficient (Wildman–Crippen LogP) is 3.50. The number of phenols is 1. The Kier molecular flexibility index (Phi) is 7.52. The molecule has 2 fully saturated rings. The molecule has 0 aromatic heterocycles. The molecule has 0 radical (unpaired) electrons. The van der Waals surface area contributed by atoms with Crippen LogP contribution in [0.3, 0.4) is 0 Å². The Hall–Kier alpha value is -3.98. The molecule has 3 atom stereocenters. The Morgan fingerprint density at radius 2 is 1.72 bits per heavy atom. The summed E-state index contributed by atoms with van der Waals surface area (Å²) in [5, 5.41) is 12.5. The minimum absolute atomic E-state index is 0.0563. The second-order valence-electron chi connectivity index (χ2n) is 9.96. The van der Waals surface area contributed by atoms with E-state index in [1.54, 1.807) is 53.4 Å². The van der Waals surface area contributed by atoms with Crippen molar-refractivity contribution in [2.75, 3.05) is 13.1 Å². The van der Waals surface area contributed by atoms with E-state index in [2.05, 4.69) is 21.2 Å². The lowest BCUT2D eigenvalue weighted by Gasteiger charge is -2.28. The van der Waals surface area contributed by atoms with Crippen molar-refractivity contribution in [3.8, 4) is 5.75 Å². The topological polar surface area (TPSA) is 107 Å². The molecule has 3 aromatic carbocycles. The Morgan fingerprint density at radius 1 is 1.00 bits per heavy atom. The van der Waals surface area contributed by atoms with Crippen LogP contribution in [0.1, 0.15) is 38.3 Å². The Morgan fingerprint density at radius 3 is 2.41 bits per heavy atom. The minimum Gasteiger partial charge on any atom is -0.508 e. The molecule has 2 heterocycles. The highest BCUT2D eigenvalue weighted by molar-refractivity contribution is 9.10. The molecule has 0 bridgehead atoms. The number of benzene rings is 3.